The van der Waals surface area contributed by atoms with Crippen molar-refractivity contribution in [2.24, 2.45) is 17.3 Å². The number of nitro groups is 1. The van der Waals surface area contributed by atoms with Crippen molar-refractivity contribution >= 4 is 34.5 Å². The quantitative estimate of drug-likeness (QED) is 0.283. The average Bonchev–Trinajstić information content (AvgIpc) is 2.96. The molecule has 1 aromatic carbocycles. The fourth-order valence-electron chi connectivity index (χ4n) is 2.20. The van der Waals surface area contributed by atoms with Crippen LogP contribution in [0.1, 0.15) is 5.56 Å². The van der Waals surface area contributed by atoms with Crippen molar-refractivity contribution in [2.45, 2.75) is 6.54 Å². The van der Waals surface area contributed by atoms with Crippen LogP contribution in [0, 0.1) is 10.1 Å². The summed E-state index contributed by atoms with van der Waals surface area (Å²) in [6.45, 7) is 0.500. The van der Waals surface area contributed by atoms with Crippen molar-refractivity contribution in [1.29, 1.82) is 0 Å². The minimum Gasteiger partial charge on any atom is -1.00 e. The number of anilines is 1. The highest BCUT2D eigenvalue weighted by Crippen LogP contribution is 2.31. The Morgan fingerprint density at radius 3 is 2.56 bits per heavy atom. The average molecular weight is 408 g/mol. The number of hydrogen-bond acceptors (Lipinski definition) is 6. The first-order valence-electron chi connectivity index (χ1n) is 7.55. The van der Waals surface area contributed by atoms with Crippen LogP contribution in [0.3, 0.4) is 0 Å². The van der Waals surface area contributed by atoms with Gasteiger partial charge < -0.3 is 18.1 Å². The summed E-state index contributed by atoms with van der Waals surface area (Å²) < 4.78 is 3.55. The van der Waals surface area contributed by atoms with Crippen LogP contribution in [0.4, 0.5) is 22.9 Å². The molecule has 11 heteroatoms. The monoisotopic (exact) mass is 407 g/mol. The number of aryl methyl sites for hydroxylation is 1. The van der Waals surface area contributed by atoms with Gasteiger partial charge in [-0.15, -0.1) is 10.2 Å². The molecule has 27 heavy (non-hydrogen) atoms. The molecule has 3 rings (SSSR count). The molecule has 0 unspecified atom stereocenters. The van der Waals surface area contributed by atoms with Gasteiger partial charge >= 0.3 is 0 Å². The molecule has 0 atom stereocenters. The maximum Gasteiger partial charge on any atom is 0.271 e. The number of azo groups is 1. The number of nitrogens with zero attached hydrogens (tertiary/aromatic N) is 6. The summed E-state index contributed by atoms with van der Waals surface area (Å²) in [5.74, 6) is 0.361. The largest absolute Gasteiger partial charge is 1.00 e. The topological polar surface area (TPSA) is 116 Å². The van der Waals surface area contributed by atoms with Crippen LogP contribution in [0.2, 0.25) is 5.02 Å². The van der Waals surface area contributed by atoms with Crippen molar-refractivity contribution < 1.29 is 21.9 Å². The van der Waals surface area contributed by atoms with Crippen molar-refractivity contribution in [1.82, 2.24) is 9.78 Å². The second-order valence-electron chi connectivity index (χ2n) is 5.54. The first-order chi connectivity index (χ1) is 12.4. The summed E-state index contributed by atoms with van der Waals surface area (Å²) in [7, 11) is 1.94. The third-order valence-electron chi connectivity index (χ3n) is 3.65. The molecule has 0 aliphatic carbocycles. The number of nitro benzene ring substituents is 1. The van der Waals surface area contributed by atoms with Gasteiger partial charge in [-0.1, -0.05) is 11.6 Å². The van der Waals surface area contributed by atoms with Gasteiger partial charge in [0.25, 0.3) is 5.69 Å². The molecule has 0 spiro atoms. The zero-order valence-electron chi connectivity index (χ0n) is 14.2. The van der Waals surface area contributed by atoms with Gasteiger partial charge in [0.15, 0.2) is 12.4 Å². The minimum atomic E-state index is -0.529. The predicted octanol–water partition coefficient (Wildman–Crippen LogP) is 0.319. The van der Waals surface area contributed by atoms with Crippen LogP contribution < -0.4 is 22.7 Å². The Morgan fingerprint density at radius 1 is 1.26 bits per heavy atom. The molecule has 0 fully saturated rings. The van der Waals surface area contributed by atoms with Gasteiger partial charge in [-0.2, -0.15) is 5.10 Å². The van der Waals surface area contributed by atoms with E-state index in [4.69, 9.17) is 17.3 Å². The van der Waals surface area contributed by atoms with Crippen molar-refractivity contribution in [3.05, 3.63) is 69.6 Å². The molecule has 0 bridgehead atoms. The van der Waals surface area contributed by atoms with Gasteiger partial charge in [0.1, 0.15) is 24.2 Å². The normalized spacial score (nSPS) is 10.7. The Morgan fingerprint density at radius 2 is 1.93 bits per heavy atom. The molecule has 0 saturated carbocycles. The Balaban J connectivity index is 0.00000261. The number of nitrogens with two attached hydrogens (primary N) is 1. The van der Waals surface area contributed by atoms with E-state index in [1.54, 1.807) is 4.68 Å². The summed E-state index contributed by atoms with van der Waals surface area (Å²) in [6.07, 6.45) is 5.37. The molecule has 3 aromatic rings. The lowest BCUT2D eigenvalue weighted by atomic mass is 10.3. The number of pyridine rings is 1. The second kappa shape index (κ2) is 8.56. The Kier molecular flexibility index (Phi) is 6.43. The third kappa shape index (κ3) is 4.78. The number of nitrogen functional groups attached to an aromatic ring is 1. The summed E-state index contributed by atoms with van der Waals surface area (Å²) in [5.41, 5.74) is 7.69. The predicted molar refractivity (Wildman–Crippen MR) is 95.6 cm³/mol. The van der Waals surface area contributed by atoms with Crippen LogP contribution in [-0.4, -0.2) is 14.7 Å². The van der Waals surface area contributed by atoms with Crippen LogP contribution in [0.5, 0.6) is 0 Å². The SMILES string of the molecule is C[n+]1ccc(Cn2ncc(/N=N/c3ccc([N+](=O)[O-])cc3Cl)c2N)cc1.[Cl-]. The third-order valence-corrected chi connectivity index (χ3v) is 3.95. The van der Waals surface area contributed by atoms with E-state index in [9.17, 15) is 10.1 Å². The molecule has 0 amide bonds. The minimum absolute atomic E-state index is 0. The molecule has 140 valence electrons. The van der Waals surface area contributed by atoms with Gasteiger partial charge in [0.05, 0.1) is 22.7 Å². The van der Waals surface area contributed by atoms with Crippen LogP contribution >= 0.6 is 11.6 Å². The molecule has 2 heterocycles. The lowest BCUT2D eigenvalue weighted by Crippen LogP contribution is -3.00. The lowest BCUT2D eigenvalue weighted by molar-refractivity contribution is -0.671. The van der Waals surface area contributed by atoms with Gasteiger partial charge in [-0.3, -0.25) is 10.1 Å². The molecule has 0 saturated heterocycles. The zero-order chi connectivity index (χ0) is 18.7. The summed E-state index contributed by atoms with van der Waals surface area (Å²) >= 11 is 5.99. The summed E-state index contributed by atoms with van der Waals surface area (Å²) in [6, 6.07) is 7.90. The van der Waals surface area contributed by atoms with E-state index in [-0.39, 0.29) is 23.1 Å². The molecule has 0 aliphatic rings. The molecule has 2 N–H and O–H groups in total. The zero-order valence-corrected chi connectivity index (χ0v) is 15.7. The van der Waals surface area contributed by atoms with Crippen molar-refractivity contribution in [3.8, 4) is 0 Å². The molecular weight excluding hydrogens is 393 g/mol. The summed E-state index contributed by atoms with van der Waals surface area (Å²) in [5, 5.41) is 23.1. The maximum absolute atomic E-state index is 10.7. The van der Waals surface area contributed by atoms with Crippen LogP contribution in [0.25, 0.3) is 0 Å². The van der Waals surface area contributed by atoms with Gasteiger partial charge in [0, 0.05) is 24.3 Å². The first kappa shape index (κ1) is 20.3. The first-order valence-corrected chi connectivity index (χ1v) is 7.93. The lowest BCUT2D eigenvalue weighted by Gasteiger charge is -2.03. The highest BCUT2D eigenvalue weighted by Gasteiger charge is 2.11. The number of rotatable bonds is 5. The smallest absolute Gasteiger partial charge is 0.271 e. The van der Waals surface area contributed by atoms with Crippen molar-refractivity contribution in [3.63, 3.8) is 0 Å². The number of benzene rings is 1. The standard InChI is InChI=1S/C16H15ClN7O2.ClH/c1-22-6-4-11(5-7-22)10-23-16(18)15(9-19-23)21-20-14-3-2-12(24(25)26)8-13(14)17;/h2-9H,10,18H2,1H3;1H/q+1;/p-1/b21-20+;. The number of halogens is 2. The maximum atomic E-state index is 10.7. The Labute approximate surface area is 165 Å². The highest BCUT2D eigenvalue weighted by atomic mass is 35.5. The molecule has 0 radical (unpaired) electrons. The van der Waals surface area contributed by atoms with Gasteiger partial charge in [-0.25, -0.2) is 9.25 Å². The second-order valence-corrected chi connectivity index (χ2v) is 5.94. The van der Waals surface area contributed by atoms with E-state index in [1.807, 2.05) is 36.1 Å². The molecule has 2 aromatic heterocycles. The highest BCUT2D eigenvalue weighted by molar-refractivity contribution is 6.33. The Bertz CT molecular complexity index is 987. The van der Waals surface area contributed by atoms with E-state index in [0.29, 0.717) is 23.7 Å². The van der Waals surface area contributed by atoms with E-state index < -0.39 is 4.92 Å². The number of aromatic nitrogens is 3. The molecule has 0 aliphatic heterocycles. The molecular formula is C16H15Cl2N7O2. The Hall–Kier alpha value is -3.04. The van der Waals surface area contributed by atoms with Gasteiger partial charge in [-0.05, 0) is 11.6 Å². The van der Waals surface area contributed by atoms with E-state index in [0.717, 1.165) is 5.56 Å². The van der Waals surface area contributed by atoms with E-state index in [1.165, 1.54) is 24.4 Å². The van der Waals surface area contributed by atoms with Gasteiger partial charge in [0.2, 0.25) is 0 Å². The number of non-ortho nitro benzene ring substituents is 1. The van der Waals surface area contributed by atoms with Crippen LogP contribution in [-0.2, 0) is 13.6 Å². The van der Waals surface area contributed by atoms with Crippen molar-refractivity contribution in [2.75, 3.05) is 5.73 Å². The number of hydrogen-bond donors (Lipinski definition) is 1. The van der Waals surface area contributed by atoms with E-state index >= 15 is 0 Å². The fourth-order valence-corrected chi connectivity index (χ4v) is 2.41. The van der Waals surface area contributed by atoms with E-state index in [2.05, 4.69) is 15.3 Å². The molecule has 9 nitrogen and oxygen atoms in total. The summed E-state index contributed by atoms with van der Waals surface area (Å²) in [4.78, 5) is 10.2. The fraction of sp³-hybridized carbons (Fsp3) is 0.125. The van der Waals surface area contributed by atoms with Crippen LogP contribution in [0.15, 0.2) is 59.2 Å².